The van der Waals surface area contributed by atoms with Crippen molar-refractivity contribution in [2.24, 2.45) is 0 Å². The molecule has 0 aliphatic heterocycles. The van der Waals surface area contributed by atoms with Crippen molar-refractivity contribution in [1.29, 1.82) is 0 Å². The summed E-state index contributed by atoms with van der Waals surface area (Å²) in [6.45, 7) is 1.63. The van der Waals surface area contributed by atoms with Crippen LogP contribution in [0.15, 0.2) is 0 Å². The molecule has 0 spiro atoms. The van der Waals surface area contributed by atoms with Crippen LogP contribution in [0.2, 0.25) is 0 Å². The minimum atomic E-state index is -1.32. The molecule has 0 saturated carbocycles. The van der Waals surface area contributed by atoms with E-state index < -0.39 is 12.1 Å². The molecule has 0 bridgehead atoms. The van der Waals surface area contributed by atoms with Crippen LogP contribution in [0.25, 0.3) is 0 Å². The Morgan fingerprint density at radius 1 is 1.78 bits per heavy atom. The number of carboxylic acid groups (broad SMARTS) is 1. The molecular formula is C5H9ClO3. The molecule has 4 heteroatoms. The highest BCUT2D eigenvalue weighted by Gasteiger charge is 2.14. The molecule has 0 amide bonds. The molecule has 0 saturated heterocycles. The molecule has 54 valence electrons. The number of carboxylic acids is 1. The molecule has 0 aromatic carbocycles. The number of aliphatic carboxylic acids is 1. The predicted octanol–water partition coefficient (Wildman–Crippen LogP) is 0.449. The second kappa shape index (κ2) is 3.69. The second-order valence-corrected chi connectivity index (χ2v) is 2.62. The molecule has 2 unspecified atom stereocenters. The Bertz CT molecular complexity index is 102. The van der Waals surface area contributed by atoms with E-state index in [0.717, 1.165) is 0 Å². The topological polar surface area (TPSA) is 57.5 Å². The SMILES string of the molecule is CC(Cl)CC(O)C(=O)O. The van der Waals surface area contributed by atoms with Gasteiger partial charge in [0.15, 0.2) is 6.10 Å². The van der Waals surface area contributed by atoms with Crippen molar-refractivity contribution in [3.05, 3.63) is 0 Å². The van der Waals surface area contributed by atoms with Crippen molar-refractivity contribution in [3.8, 4) is 0 Å². The molecule has 0 heterocycles. The summed E-state index contributed by atoms with van der Waals surface area (Å²) in [7, 11) is 0. The van der Waals surface area contributed by atoms with Crippen molar-refractivity contribution in [2.75, 3.05) is 0 Å². The summed E-state index contributed by atoms with van der Waals surface area (Å²) in [5.74, 6) is -1.22. The Balaban J connectivity index is 3.50. The standard InChI is InChI=1S/C5H9ClO3/c1-3(6)2-4(7)5(8)9/h3-4,7H,2H2,1H3,(H,8,9). The number of aliphatic hydroxyl groups is 1. The van der Waals surface area contributed by atoms with Gasteiger partial charge in [0.25, 0.3) is 0 Å². The first kappa shape index (κ1) is 8.72. The van der Waals surface area contributed by atoms with Gasteiger partial charge >= 0.3 is 5.97 Å². The monoisotopic (exact) mass is 152 g/mol. The molecule has 0 fully saturated rings. The maximum atomic E-state index is 9.93. The van der Waals surface area contributed by atoms with Gasteiger partial charge in [0.05, 0.1) is 0 Å². The van der Waals surface area contributed by atoms with E-state index in [9.17, 15) is 4.79 Å². The van der Waals surface area contributed by atoms with Gasteiger partial charge in [0.2, 0.25) is 0 Å². The number of halogens is 1. The zero-order valence-electron chi connectivity index (χ0n) is 5.04. The maximum Gasteiger partial charge on any atom is 0.332 e. The summed E-state index contributed by atoms with van der Waals surface area (Å²) in [4.78, 5) is 9.93. The first-order chi connectivity index (χ1) is 4.04. The van der Waals surface area contributed by atoms with Gasteiger partial charge in [0.1, 0.15) is 0 Å². The number of hydrogen-bond acceptors (Lipinski definition) is 2. The third-order valence-electron chi connectivity index (χ3n) is 0.833. The van der Waals surface area contributed by atoms with Crippen molar-refractivity contribution >= 4 is 17.6 Å². The maximum absolute atomic E-state index is 9.93. The molecule has 0 aliphatic rings. The van der Waals surface area contributed by atoms with Gasteiger partial charge in [0, 0.05) is 11.8 Å². The minimum absolute atomic E-state index is 0.0941. The molecule has 0 aliphatic carbocycles. The molecule has 0 rings (SSSR count). The lowest BCUT2D eigenvalue weighted by molar-refractivity contribution is -0.146. The smallest absolute Gasteiger partial charge is 0.332 e. The molecular weight excluding hydrogens is 144 g/mol. The molecule has 0 radical (unpaired) electrons. The van der Waals surface area contributed by atoms with Crippen molar-refractivity contribution in [1.82, 2.24) is 0 Å². The van der Waals surface area contributed by atoms with Gasteiger partial charge in [-0.25, -0.2) is 4.79 Å². The third-order valence-corrected chi connectivity index (χ3v) is 1.01. The van der Waals surface area contributed by atoms with Gasteiger partial charge in [-0.05, 0) is 6.92 Å². The van der Waals surface area contributed by atoms with E-state index >= 15 is 0 Å². The van der Waals surface area contributed by atoms with E-state index in [4.69, 9.17) is 21.8 Å². The first-order valence-corrected chi connectivity index (χ1v) is 3.02. The van der Waals surface area contributed by atoms with Gasteiger partial charge in [-0.2, -0.15) is 0 Å². The summed E-state index contributed by atoms with van der Waals surface area (Å²) in [5, 5.41) is 16.4. The highest BCUT2D eigenvalue weighted by Crippen LogP contribution is 2.03. The Morgan fingerprint density at radius 2 is 2.22 bits per heavy atom. The fraction of sp³-hybridized carbons (Fsp3) is 0.800. The Labute approximate surface area is 58.3 Å². The fourth-order valence-electron chi connectivity index (χ4n) is 0.408. The van der Waals surface area contributed by atoms with E-state index in [1.54, 1.807) is 6.92 Å². The van der Waals surface area contributed by atoms with Crippen LogP contribution in [-0.4, -0.2) is 27.7 Å². The predicted molar refractivity (Wildman–Crippen MR) is 33.6 cm³/mol. The van der Waals surface area contributed by atoms with Crippen LogP contribution in [0.1, 0.15) is 13.3 Å². The lowest BCUT2D eigenvalue weighted by atomic mass is 10.2. The number of carbonyl (C=O) groups is 1. The minimum Gasteiger partial charge on any atom is -0.479 e. The zero-order chi connectivity index (χ0) is 7.44. The molecule has 2 atom stereocenters. The Kier molecular flexibility index (Phi) is 3.58. The van der Waals surface area contributed by atoms with E-state index in [1.807, 2.05) is 0 Å². The summed E-state index contributed by atoms with van der Waals surface area (Å²) < 4.78 is 0. The van der Waals surface area contributed by atoms with Gasteiger partial charge in [-0.3, -0.25) is 0 Å². The quantitative estimate of drug-likeness (QED) is 0.578. The lowest BCUT2D eigenvalue weighted by Gasteiger charge is -2.04. The first-order valence-electron chi connectivity index (χ1n) is 2.59. The molecule has 0 aromatic heterocycles. The average molecular weight is 153 g/mol. The van der Waals surface area contributed by atoms with Crippen LogP contribution < -0.4 is 0 Å². The number of aliphatic hydroxyl groups excluding tert-OH is 1. The van der Waals surface area contributed by atoms with Gasteiger partial charge in [-0.15, -0.1) is 11.6 Å². The second-order valence-electron chi connectivity index (χ2n) is 1.87. The van der Waals surface area contributed by atoms with Crippen LogP contribution in [0.4, 0.5) is 0 Å². The van der Waals surface area contributed by atoms with Gasteiger partial charge < -0.3 is 10.2 Å². The van der Waals surface area contributed by atoms with Crippen LogP contribution in [-0.2, 0) is 4.79 Å². The van der Waals surface area contributed by atoms with Crippen LogP contribution in [0, 0.1) is 0 Å². The number of alkyl halides is 1. The lowest BCUT2D eigenvalue weighted by Crippen LogP contribution is -2.22. The van der Waals surface area contributed by atoms with Crippen molar-refractivity contribution in [2.45, 2.75) is 24.8 Å². The molecule has 9 heavy (non-hydrogen) atoms. The van der Waals surface area contributed by atoms with E-state index in [0.29, 0.717) is 0 Å². The summed E-state index contributed by atoms with van der Waals surface area (Å²) in [5.41, 5.74) is 0. The van der Waals surface area contributed by atoms with E-state index in [2.05, 4.69) is 0 Å². The normalized spacial score (nSPS) is 16.8. The Hall–Kier alpha value is -0.280. The van der Waals surface area contributed by atoms with Crippen molar-refractivity contribution in [3.63, 3.8) is 0 Å². The van der Waals surface area contributed by atoms with Crippen LogP contribution in [0.3, 0.4) is 0 Å². The number of rotatable bonds is 3. The molecule has 3 nitrogen and oxygen atoms in total. The van der Waals surface area contributed by atoms with Gasteiger partial charge in [-0.1, -0.05) is 0 Å². The van der Waals surface area contributed by atoms with Crippen LogP contribution in [0.5, 0.6) is 0 Å². The fourth-order valence-corrected chi connectivity index (χ4v) is 0.577. The summed E-state index contributed by atoms with van der Waals surface area (Å²) in [6, 6.07) is 0. The number of hydrogen-bond donors (Lipinski definition) is 2. The Morgan fingerprint density at radius 3 is 2.33 bits per heavy atom. The molecule has 0 aromatic rings. The van der Waals surface area contributed by atoms with Crippen molar-refractivity contribution < 1.29 is 15.0 Å². The highest BCUT2D eigenvalue weighted by atomic mass is 35.5. The average Bonchev–Trinajstić information content (AvgIpc) is 1.63. The largest absolute Gasteiger partial charge is 0.479 e. The molecule has 2 N–H and O–H groups in total. The summed E-state index contributed by atoms with van der Waals surface area (Å²) in [6.07, 6.45) is -1.23. The third kappa shape index (κ3) is 4.24. The summed E-state index contributed by atoms with van der Waals surface area (Å²) >= 11 is 5.39. The zero-order valence-corrected chi connectivity index (χ0v) is 5.80. The van der Waals surface area contributed by atoms with E-state index in [1.165, 1.54) is 0 Å². The highest BCUT2D eigenvalue weighted by molar-refractivity contribution is 6.20. The van der Waals surface area contributed by atoms with Crippen LogP contribution >= 0.6 is 11.6 Å². The van der Waals surface area contributed by atoms with E-state index in [-0.39, 0.29) is 11.8 Å².